The Morgan fingerprint density at radius 1 is 1.44 bits per heavy atom. The van der Waals surface area contributed by atoms with Gasteiger partial charge >= 0.3 is 0 Å². The van der Waals surface area contributed by atoms with Crippen molar-refractivity contribution in [3.8, 4) is 0 Å². The van der Waals surface area contributed by atoms with E-state index in [-0.39, 0.29) is 0 Å². The number of rotatable bonds is 7. The predicted octanol–water partition coefficient (Wildman–Crippen LogP) is 2.96. The summed E-state index contributed by atoms with van der Waals surface area (Å²) in [5, 5.41) is 3.58. The number of pyridine rings is 1. The molecule has 100 valence electrons. The molecule has 0 saturated heterocycles. The molecule has 1 aliphatic rings. The number of hydrogen-bond acceptors (Lipinski definition) is 3. The first-order chi connectivity index (χ1) is 8.76. The first kappa shape index (κ1) is 13.3. The smallest absolute Gasteiger partial charge is 0.133 e. The second-order valence-electron chi connectivity index (χ2n) is 5.18. The molecule has 1 aromatic heterocycles. The van der Waals surface area contributed by atoms with Gasteiger partial charge in [-0.3, -0.25) is 0 Å². The molecule has 1 aliphatic carbocycles. The van der Waals surface area contributed by atoms with E-state index in [9.17, 15) is 0 Å². The van der Waals surface area contributed by atoms with Gasteiger partial charge in [-0.25, -0.2) is 4.98 Å². The molecule has 1 aromatic rings. The highest BCUT2D eigenvalue weighted by atomic mass is 15.2. The summed E-state index contributed by atoms with van der Waals surface area (Å²) >= 11 is 0. The molecule has 0 bridgehead atoms. The van der Waals surface area contributed by atoms with Crippen molar-refractivity contribution in [1.82, 2.24) is 10.3 Å². The van der Waals surface area contributed by atoms with Gasteiger partial charge in [0.15, 0.2) is 0 Å². The molecule has 0 amide bonds. The highest BCUT2D eigenvalue weighted by Crippen LogP contribution is 2.23. The third-order valence-corrected chi connectivity index (χ3v) is 3.76. The minimum absolute atomic E-state index is 0.546. The average Bonchev–Trinajstić information content (AvgIpc) is 3.22. The van der Waals surface area contributed by atoms with Gasteiger partial charge in [-0.05, 0) is 39.2 Å². The van der Waals surface area contributed by atoms with Crippen molar-refractivity contribution in [1.29, 1.82) is 0 Å². The van der Waals surface area contributed by atoms with Crippen LogP contribution in [0, 0.1) is 0 Å². The number of hydrogen-bond donors (Lipinski definition) is 1. The molecule has 1 N–H and O–H groups in total. The highest BCUT2D eigenvalue weighted by Gasteiger charge is 2.21. The highest BCUT2D eigenvalue weighted by molar-refractivity contribution is 5.47. The molecule has 0 radical (unpaired) electrons. The van der Waals surface area contributed by atoms with Crippen LogP contribution in [0.2, 0.25) is 0 Å². The molecule has 2 rings (SSSR count). The molecule has 1 heterocycles. The lowest BCUT2D eigenvalue weighted by molar-refractivity contribution is 0.613. The van der Waals surface area contributed by atoms with Gasteiger partial charge in [0.1, 0.15) is 5.82 Å². The molecule has 0 aliphatic heterocycles. The van der Waals surface area contributed by atoms with E-state index in [2.05, 4.69) is 42.0 Å². The summed E-state index contributed by atoms with van der Waals surface area (Å²) in [4.78, 5) is 7.01. The van der Waals surface area contributed by atoms with Crippen molar-refractivity contribution in [2.45, 2.75) is 58.7 Å². The van der Waals surface area contributed by atoms with Crippen LogP contribution in [-0.4, -0.2) is 23.6 Å². The van der Waals surface area contributed by atoms with Crippen LogP contribution in [0.3, 0.4) is 0 Å². The standard InChI is InChI=1S/C15H25N3/c1-4-12(3)18(5-2)15-13(7-6-10-16-15)11-17-14-8-9-14/h6-7,10,12,14,17H,4-5,8-9,11H2,1-3H3. The van der Waals surface area contributed by atoms with Gasteiger partial charge in [0.2, 0.25) is 0 Å². The normalized spacial score (nSPS) is 16.6. The SMILES string of the molecule is CCC(C)N(CC)c1ncccc1CNC1CC1. The maximum Gasteiger partial charge on any atom is 0.133 e. The van der Waals surface area contributed by atoms with Crippen molar-refractivity contribution < 1.29 is 0 Å². The molecule has 1 unspecified atom stereocenters. The van der Waals surface area contributed by atoms with Crippen molar-refractivity contribution in [3.05, 3.63) is 23.9 Å². The van der Waals surface area contributed by atoms with Gasteiger partial charge in [0.05, 0.1) is 0 Å². The summed E-state index contributed by atoms with van der Waals surface area (Å²) in [7, 11) is 0. The topological polar surface area (TPSA) is 28.2 Å². The van der Waals surface area contributed by atoms with Crippen molar-refractivity contribution in [2.24, 2.45) is 0 Å². The fraction of sp³-hybridized carbons (Fsp3) is 0.667. The molecule has 3 heteroatoms. The van der Waals surface area contributed by atoms with E-state index in [1.807, 2.05) is 12.3 Å². The van der Waals surface area contributed by atoms with Crippen LogP contribution in [0.1, 0.15) is 45.6 Å². The number of nitrogens with zero attached hydrogens (tertiary/aromatic N) is 2. The van der Waals surface area contributed by atoms with Crippen LogP contribution < -0.4 is 10.2 Å². The van der Waals surface area contributed by atoms with Crippen molar-refractivity contribution >= 4 is 5.82 Å². The van der Waals surface area contributed by atoms with Crippen LogP contribution in [0.4, 0.5) is 5.82 Å². The van der Waals surface area contributed by atoms with Crippen molar-refractivity contribution in [3.63, 3.8) is 0 Å². The van der Waals surface area contributed by atoms with Crippen LogP contribution in [0.25, 0.3) is 0 Å². The minimum Gasteiger partial charge on any atom is -0.354 e. The fourth-order valence-corrected chi connectivity index (χ4v) is 2.26. The summed E-state index contributed by atoms with van der Waals surface area (Å²) in [5.41, 5.74) is 1.33. The Morgan fingerprint density at radius 2 is 2.22 bits per heavy atom. The van der Waals surface area contributed by atoms with Crippen LogP contribution >= 0.6 is 0 Å². The van der Waals surface area contributed by atoms with E-state index >= 15 is 0 Å². The van der Waals surface area contributed by atoms with Gasteiger partial charge in [-0.15, -0.1) is 0 Å². The molecular formula is C15H25N3. The zero-order valence-electron chi connectivity index (χ0n) is 11.8. The van der Waals surface area contributed by atoms with E-state index in [1.54, 1.807) is 0 Å². The maximum absolute atomic E-state index is 4.60. The lowest BCUT2D eigenvalue weighted by atomic mass is 10.1. The molecule has 1 fully saturated rings. The zero-order chi connectivity index (χ0) is 13.0. The van der Waals surface area contributed by atoms with E-state index in [0.717, 1.165) is 31.4 Å². The van der Waals surface area contributed by atoms with Crippen LogP contribution in [0.5, 0.6) is 0 Å². The fourth-order valence-electron chi connectivity index (χ4n) is 2.26. The lowest BCUT2D eigenvalue weighted by Gasteiger charge is -2.30. The minimum atomic E-state index is 0.546. The van der Waals surface area contributed by atoms with E-state index in [0.29, 0.717) is 6.04 Å². The Labute approximate surface area is 111 Å². The third-order valence-electron chi connectivity index (χ3n) is 3.76. The number of aromatic nitrogens is 1. The molecule has 18 heavy (non-hydrogen) atoms. The molecule has 3 nitrogen and oxygen atoms in total. The Hall–Kier alpha value is -1.09. The first-order valence-electron chi connectivity index (χ1n) is 7.20. The second kappa shape index (κ2) is 6.19. The van der Waals surface area contributed by atoms with Crippen LogP contribution in [0.15, 0.2) is 18.3 Å². The van der Waals surface area contributed by atoms with Gasteiger partial charge < -0.3 is 10.2 Å². The number of nitrogens with one attached hydrogen (secondary N) is 1. The zero-order valence-corrected chi connectivity index (χ0v) is 11.8. The summed E-state index contributed by atoms with van der Waals surface area (Å²) in [6.45, 7) is 8.68. The van der Waals surface area contributed by atoms with Gasteiger partial charge in [-0.2, -0.15) is 0 Å². The van der Waals surface area contributed by atoms with Crippen LogP contribution in [-0.2, 0) is 6.54 Å². The van der Waals surface area contributed by atoms with Crippen molar-refractivity contribution in [2.75, 3.05) is 11.4 Å². The molecular weight excluding hydrogens is 222 g/mol. The maximum atomic E-state index is 4.60. The molecule has 1 atom stereocenters. The van der Waals surface area contributed by atoms with Gasteiger partial charge in [-0.1, -0.05) is 13.0 Å². The Bertz CT molecular complexity index is 374. The Balaban J connectivity index is 2.12. The first-order valence-corrected chi connectivity index (χ1v) is 7.20. The molecule has 1 saturated carbocycles. The predicted molar refractivity (Wildman–Crippen MR) is 76.9 cm³/mol. The summed E-state index contributed by atoms with van der Waals surface area (Å²) in [6.07, 6.45) is 5.72. The van der Waals surface area contributed by atoms with Gasteiger partial charge in [0.25, 0.3) is 0 Å². The molecule has 0 spiro atoms. The number of anilines is 1. The Kier molecular flexibility index (Phi) is 4.59. The van der Waals surface area contributed by atoms with Gasteiger partial charge in [0, 0.05) is 36.9 Å². The summed E-state index contributed by atoms with van der Waals surface area (Å²) in [5.74, 6) is 1.16. The largest absolute Gasteiger partial charge is 0.354 e. The monoisotopic (exact) mass is 247 g/mol. The lowest BCUT2D eigenvalue weighted by Crippen LogP contribution is -2.34. The Morgan fingerprint density at radius 3 is 2.83 bits per heavy atom. The second-order valence-corrected chi connectivity index (χ2v) is 5.18. The summed E-state index contributed by atoms with van der Waals surface area (Å²) < 4.78 is 0. The van der Waals surface area contributed by atoms with E-state index < -0.39 is 0 Å². The van der Waals surface area contributed by atoms with E-state index in [4.69, 9.17) is 0 Å². The third kappa shape index (κ3) is 3.22. The molecule has 0 aromatic carbocycles. The quantitative estimate of drug-likeness (QED) is 0.803. The summed E-state index contributed by atoms with van der Waals surface area (Å²) in [6, 6.07) is 5.53. The van der Waals surface area contributed by atoms with E-state index in [1.165, 1.54) is 18.4 Å². The average molecular weight is 247 g/mol.